The summed E-state index contributed by atoms with van der Waals surface area (Å²) in [6.07, 6.45) is -4.81. The van der Waals surface area contributed by atoms with Crippen LogP contribution in [0, 0.1) is 3.57 Å². The van der Waals surface area contributed by atoms with Crippen molar-refractivity contribution >= 4 is 22.6 Å². The minimum atomic E-state index is -4.81. The van der Waals surface area contributed by atoms with E-state index in [0.29, 0.717) is 9.26 Å². The highest BCUT2D eigenvalue weighted by Gasteiger charge is 2.33. The van der Waals surface area contributed by atoms with Gasteiger partial charge in [0.25, 0.3) is 5.88 Å². The number of alkyl halides is 3. The molecule has 16 heavy (non-hydrogen) atoms. The molecule has 0 aromatic carbocycles. The average molecular weight is 348 g/mol. The Morgan fingerprint density at radius 2 is 2.12 bits per heavy atom. The van der Waals surface area contributed by atoms with Gasteiger partial charge in [-0.25, -0.2) is 4.98 Å². The minimum absolute atomic E-state index is 0.0243. The fraction of sp³-hybridized carbons (Fsp3) is 0.375. The number of nitrogens with zero attached hydrogens (tertiary/aromatic N) is 1. The van der Waals surface area contributed by atoms with Gasteiger partial charge in [0.1, 0.15) is 0 Å². The van der Waals surface area contributed by atoms with E-state index in [9.17, 15) is 13.2 Å². The van der Waals surface area contributed by atoms with Crippen molar-refractivity contribution in [1.29, 1.82) is 0 Å². The van der Waals surface area contributed by atoms with Gasteiger partial charge in [0.2, 0.25) is 0 Å². The van der Waals surface area contributed by atoms with Crippen molar-refractivity contribution in [3.63, 3.8) is 0 Å². The van der Waals surface area contributed by atoms with Gasteiger partial charge in [-0.2, -0.15) is 0 Å². The molecule has 0 amide bonds. The van der Waals surface area contributed by atoms with Gasteiger partial charge in [-0.1, -0.05) is 0 Å². The summed E-state index contributed by atoms with van der Waals surface area (Å²) in [5.74, 6) is -0.713. The molecule has 1 aromatic heterocycles. The van der Waals surface area contributed by atoms with Gasteiger partial charge in [-0.3, -0.25) is 0 Å². The molecule has 1 rings (SSSR count). The van der Waals surface area contributed by atoms with Gasteiger partial charge in [0.05, 0.1) is 12.8 Å². The lowest BCUT2D eigenvalue weighted by molar-refractivity contribution is -0.276. The molecule has 4 nitrogen and oxygen atoms in total. The van der Waals surface area contributed by atoms with E-state index in [1.807, 2.05) is 22.6 Å². The molecule has 0 aliphatic rings. The molecule has 0 spiro atoms. The standard InChI is InChI=1S/C8H8F3IN2O2/c1-15-6-2-4(12)5(3-13)14-7(6)16-8(9,10)11/h2H,3,13H2,1H3. The number of hydrogen-bond donors (Lipinski definition) is 1. The van der Waals surface area contributed by atoms with Crippen LogP contribution in [0.3, 0.4) is 0 Å². The van der Waals surface area contributed by atoms with Crippen LogP contribution < -0.4 is 15.2 Å². The second-order valence-electron chi connectivity index (χ2n) is 2.68. The zero-order chi connectivity index (χ0) is 12.3. The van der Waals surface area contributed by atoms with Crippen molar-refractivity contribution in [1.82, 2.24) is 4.98 Å². The second-order valence-corrected chi connectivity index (χ2v) is 3.84. The third-order valence-electron chi connectivity index (χ3n) is 1.61. The molecule has 1 heterocycles. The Labute approximate surface area is 103 Å². The number of hydrogen-bond acceptors (Lipinski definition) is 4. The van der Waals surface area contributed by atoms with Gasteiger partial charge >= 0.3 is 6.36 Å². The highest BCUT2D eigenvalue weighted by atomic mass is 127. The first kappa shape index (κ1) is 13.3. The predicted octanol–water partition coefficient (Wildman–Crippen LogP) is 2.05. The molecule has 2 N–H and O–H groups in total. The zero-order valence-corrected chi connectivity index (χ0v) is 10.3. The summed E-state index contributed by atoms with van der Waals surface area (Å²) < 4.78 is 45.2. The van der Waals surface area contributed by atoms with Crippen LogP contribution in [-0.4, -0.2) is 18.5 Å². The Morgan fingerprint density at radius 3 is 2.56 bits per heavy atom. The van der Waals surface area contributed by atoms with Gasteiger partial charge in [-0.15, -0.1) is 13.2 Å². The first-order valence-electron chi connectivity index (χ1n) is 4.06. The zero-order valence-electron chi connectivity index (χ0n) is 8.14. The van der Waals surface area contributed by atoms with Gasteiger partial charge < -0.3 is 15.2 Å². The third-order valence-corrected chi connectivity index (χ3v) is 2.54. The molecular formula is C8H8F3IN2O2. The molecule has 8 heteroatoms. The Bertz CT molecular complexity index is 384. The average Bonchev–Trinajstić information content (AvgIpc) is 2.18. The lowest BCUT2D eigenvalue weighted by Gasteiger charge is -2.13. The van der Waals surface area contributed by atoms with Crippen LogP contribution in [-0.2, 0) is 6.54 Å². The van der Waals surface area contributed by atoms with E-state index in [4.69, 9.17) is 10.5 Å². The molecule has 0 radical (unpaired) electrons. The Balaban J connectivity index is 3.15. The summed E-state index contributed by atoms with van der Waals surface area (Å²) in [7, 11) is 1.23. The highest BCUT2D eigenvalue weighted by Crippen LogP contribution is 2.32. The quantitative estimate of drug-likeness (QED) is 0.850. The van der Waals surface area contributed by atoms with E-state index in [1.54, 1.807) is 0 Å². The summed E-state index contributed by atoms with van der Waals surface area (Å²) in [6.45, 7) is 0.0243. The summed E-state index contributed by atoms with van der Waals surface area (Å²) in [4.78, 5) is 3.65. The van der Waals surface area contributed by atoms with Crippen molar-refractivity contribution in [3.8, 4) is 11.6 Å². The molecule has 0 bridgehead atoms. The van der Waals surface area contributed by atoms with Crippen LogP contribution in [0.2, 0.25) is 0 Å². The maximum atomic E-state index is 12.0. The van der Waals surface area contributed by atoms with Crippen molar-refractivity contribution in [2.45, 2.75) is 12.9 Å². The SMILES string of the molecule is COc1cc(I)c(CN)nc1OC(F)(F)F. The first-order chi connectivity index (χ1) is 7.37. The van der Waals surface area contributed by atoms with Crippen LogP contribution >= 0.6 is 22.6 Å². The molecule has 0 aliphatic carbocycles. The smallest absolute Gasteiger partial charge is 0.491 e. The van der Waals surface area contributed by atoms with Crippen molar-refractivity contribution in [2.24, 2.45) is 5.73 Å². The van der Waals surface area contributed by atoms with Crippen LogP contribution in [0.4, 0.5) is 13.2 Å². The number of pyridine rings is 1. The number of methoxy groups -OCH3 is 1. The lowest BCUT2D eigenvalue weighted by atomic mass is 10.3. The molecular weight excluding hydrogens is 340 g/mol. The Hall–Kier alpha value is -0.770. The maximum absolute atomic E-state index is 12.0. The molecule has 90 valence electrons. The maximum Gasteiger partial charge on any atom is 0.574 e. The molecule has 1 aromatic rings. The fourth-order valence-corrected chi connectivity index (χ4v) is 1.59. The number of aromatic nitrogens is 1. The van der Waals surface area contributed by atoms with Gasteiger partial charge in [0, 0.05) is 16.2 Å². The Kier molecular flexibility index (Phi) is 4.19. The number of halogens is 4. The molecule has 0 fully saturated rings. The summed E-state index contributed by atoms with van der Waals surface area (Å²) in [6, 6.07) is 1.39. The van der Waals surface area contributed by atoms with E-state index in [2.05, 4.69) is 9.72 Å². The lowest BCUT2D eigenvalue weighted by Crippen LogP contribution is -2.19. The van der Waals surface area contributed by atoms with Crippen LogP contribution in [0.1, 0.15) is 5.69 Å². The first-order valence-corrected chi connectivity index (χ1v) is 5.14. The fourth-order valence-electron chi connectivity index (χ4n) is 0.963. The highest BCUT2D eigenvalue weighted by molar-refractivity contribution is 14.1. The van der Waals surface area contributed by atoms with E-state index < -0.39 is 12.2 Å². The molecule has 0 aliphatic heterocycles. The van der Waals surface area contributed by atoms with E-state index in [0.717, 1.165) is 0 Å². The second kappa shape index (κ2) is 5.04. The largest absolute Gasteiger partial charge is 0.574 e. The minimum Gasteiger partial charge on any atom is -0.491 e. The summed E-state index contributed by atoms with van der Waals surface area (Å²) in [5, 5.41) is 0. The molecule has 0 atom stereocenters. The monoisotopic (exact) mass is 348 g/mol. The van der Waals surface area contributed by atoms with Crippen LogP contribution in [0.5, 0.6) is 11.6 Å². The van der Waals surface area contributed by atoms with Crippen molar-refractivity contribution in [3.05, 3.63) is 15.3 Å². The Morgan fingerprint density at radius 1 is 1.50 bits per heavy atom. The number of rotatable bonds is 3. The van der Waals surface area contributed by atoms with Crippen molar-refractivity contribution in [2.75, 3.05) is 7.11 Å². The van der Waals surface area contributed by atoms with E-state index >= 15 is 0 Å². The van der Waals surface area contributed by atoms with Crippen molar-refractivity contribution < 1.29 is 22.6 Å². The summed E-state index contributed by atoms with van der Waals surface area (Å²) >= 11 is 1.90. The van der Waals surface area contributed by atoms with Gasteiger partial charge in [-0.05, 0) is 22.6 Å². The molecule has 0 saturated carbocycles. The summed E-state index contributed by atoms with van der Waals surface area (Å²) in [5.41, 5.74) is 5.65. The number of nitrogens with two attached hydrogens (primary N) is 1. The topological polar surface area (TPSA) is 57.4 Å². The third kappa shape index (κ3) is 3.37. The normalized spacial score (nSPS) is 11.4. The van der Waals surface area contributed by atoms with Crippen LogP contribution in [0.25, 0.3) is 0 Å². The predicted molar refractivity (Wildman–Crippen MR) is 58.1 cm³/mol. The number of ether oxygens (including phenoxy) is 2. The van der Waals surface area contributed by atoms with E-state index in [-0.39, 0.29) is 12.3 Å². The van der Waals surface area contributed by atoms with E-state index in [1.165, 1.54) is 13.2 Å². The molecule has 0 unspecified atom stereocenters. The van der Waals surface area contributed by atoms with Crippen LogP contribution in [0.15, 0.2) is 6.07 Å². The van der Waals surface area contributed by atoms with Gasteiger partial charge in [0.15, 0.2) is 5.75 Å². The molecule has 0 saturated heterocycles.